The Hall–Kier alpha value is -2.54. The van der Waals surface area contributed by atoms with E-state index in [-0.39, 0.29) is 12.1 Å². The molecule has 0 aliphatic rings. The second-order valence-electron chi connectivity index (χ2n) is 7.98. The molecule has 3 aromatic rings. The minimum atomic E-state index is -1.59. The fraction of sp³-hybridized carbons (Fsp3) is 0.391. The molecule has 0 aliphatic heterocycles. The van der Waals surface area contributed by atoms with Crippen LogP contribution in [0.3, 0.4) is 0 Å². The van der Waals surface area contributed by atoms with Crippen molar-refractivity contribution in [2.45, 2.75) is 46.7 Å². The smallest absolute Gasteiger partial charge is 0.254 e. The third-order valence-corrected chi connectivity index (χ3v) is 5.30. The number of benzene rings is 2. The number of carbonyl (C=O) groups excluding carboxylic acids is 1. The van der Waals surface area contributed by atoms with Gasteiger partial charge in [0.1, 0.15) is 5.82 Å². The summed E-state index contributed by atoms with van der Waals surface area (Å²) in [7, 11) is 0. The Morgan fingerprint density at radius 1 is 1.16 bits per heavy atom. The van der Waals surface area contributed by atoms with Crippen molar-refractivity contribution >= 4 is 28.5 Å². The molecule has 0 atom stereocenters. The number of aromatic nitrogens is 2. The predicted octanol–water partition coefficient (Wildman–Crippen LogP) is 6.21. The van der Waals surface area contributed by atoms with Crippen molar-refractivity contribution in [1.82, 2.24) is 14.5 Å². The Kier molecular flexibility index (Phi) is 7.26. The summed E-state index contributed by atoms with van der Waals surface area (Å²) < 4.78 is 42.8. The molecular formula is C23H25ClF3N3O. The van der Waals surface area contributed by atoms with Gasteiger partial charge in [-0.15, -0.1) is 0 Å². The Balaban J connectivity index is 2.00. The van der Waals surface area contributed by atoms with Gasteiger partial charge in [-0.3, -0.25) is 4.79 Å². The zero-order chi connectivity index (χ0) is 22.7. The van der Waals surface area contributed by atoms with Gasteiger partial charge in [-0.2, -0.15) is 0 Å². The number of hydrogen-bond donors (Lipinski definition) is 0. The summed E-state index contributed by atoms with van der Waals surface area (Å²) >= 11 is 6.16. The molecule has 4 nitrogen and oxygen atoms in total. The highest BCUT2D eigenvalue weighted by Gasteiger charge is 2.23. The van der Waals surface area contributed by atoms with Gasteiger partial charge in [0.05, 0.1) is 17.6 Å². The molecule has 0 saturated heterocycles. The van der Waals surface area contributed by atoms with Crippen LogP contribution in [0.4, 0.5) is 13.2 Å². The number of aryl methyl sites for hydroxylation is 1. The lowest BCUT2D eigenvalue weighted by molar-refractivity contribution is 0.0728. The molecule has 0 saturated carbocycles. The molecule has 31 heavy (non-hydrogen) atoms. The van der Waals surface area contributed by atoms with Crippen molar-refractivity contribution in [3.05, 3.63) is 64.2 Å². The van der Waals surface area contributed by atoms with E-state index in [1.807, 2.05) is 37.5 Å². The highest BCUT2D eigenvalue weighted by Crippen LogP contribution is 2.23. The number of imidazole rings is 1. The van der Waals surface area contributed by atoms with E-state index in [9.17, 15) is 18.0 Å². The van der Waals surface area contributed by atoms with Crippen LogP contribution in [-0.4, -0.2) is 26.9 Å². The summed E-state index contributed by atoms with van der Waals surface area (Å²) in [5.41, 5.74) is 1.38. The van der Waals surface area contributed by atoms with Crippen LogP contribution >= 0.6 is 11.6 Å². The normalized spacial score (nSPS) is 11.5. The van der Waals surface area contributed by atoms with Crippen LogP contribution in [0.2, 0.25) is 5.02 Å². The quantitative estimate of drug-likeness (QED) is 0.382. The number of halogens is 4. The summed E-state index contributed by atoms with van der Waals surface area (Å²) in [4.78, 5) is 19.3. The third-order valence-electron chi connectivity index (χ3n) is 5.06. The first-order valence-corrected chi connectivity index (χ1v) is 10.7. The van der Waals surface area contributed by atoms with Crippen LogP contribution in [0.25, 0.3) is 11.0 Å². The van der Waals surface area contributed by atoms with Crippen molar-refractivity contribution in [3.8, 4) is 0 Å². The molecule has 0 fully saturated rings. The molecule has 0 radical (unpaired) electrons. The number of hydrogen-bond acceptors (Lipinski definition) is 2. The van der Waals surface area contributed by atoms with Crippen LogP contribution in [0, 0.1) is 23.4 Å². The summed E-state index contributed by atoms with van der Waals surface area (Å²) in [6, 6.07) is 6.87. The molecule has 1 amide bonds. The molecule has 0 spiro atoms. The summed E-state index contributed by atoms with van der Waals surface area (Å²) in [6.45, 7) is 7.28. The molecule has 0 unspecified atom stereocenters. The number of fused-ring (bicyclic) bond motifs is 1. The van der Waals surface area contributed by atoms with E-state index in [2.05, 4.69) is 4.98 Å². The van der Waals surface area contributed by atoms with Crippen LogP contribution < -0.4 is 0 Å². The predicted molar refractivity (Wildman–Crippen MR) is 116 cm³/mol. The van der Waals surface area contributed by atoms with Gasteiger partial charge < -0.3 is 9.47 Å². The molecule has 1 heterocycles. The highest BCUT2D eigenvalue weighted by molar-refractivity contribution is 6.31. The average Bonchev–Trinajstić information content (AvgIpc) is 3.05. The molecule has 0 bridgehead atoms. The van der Waals surface area contributed by atoms with Gasteiger partial charge in [0.25, 0.3) is 5.91 Å². The van der Waals surface area contributed by atoms with E-state index in [4.69, 9.17) is 11.6 Å². The summed E-state index contributed by atoms with van der Waals surface area (Å²) in [5.74, 6) is -3.98. The fourth-order valence-electron chi connectivity index (χ4n) is 3.44. The lowest BCUT2D eigenvalue weighted by atomic mass is 10.1. The first-order chi connectivity index (χ1) is 14.7. The van der Waals surface area contributed by atoms with Gasteiger partial charge in [0, 0.05) is 23.7 Å². The Labute approximate surface area is 184 Å². The minimum Gasteiger partial charge on any atom is -0.331 e. The van der Waals surface area contributed by atoms with Gasteiger partial charge >= 0.3 is 0 Å². The molecule has 3 rings (SSSR count). The molecule has 0 N–H and O–H groups in total. The van der Waals surface area contributed by atoms with Crippen LogP contribution in [0.15, 0.2) is 30.3 Å². The molecule has 166 valence electrons. The van der Waals surface area contributed by atoms with Crippen molar-refractivity contribution < 1.29 is 18.0 Å². The topological polar surface area (TPSA) is 38.1 Å². The second-order valence-corrected chi connectivity index (χ2v) is 8.41. The van der Waals surface area contributed by atoms with Gasteiger partial charge in [-0.1, -0.05) is 32.4 Å². The van der Waals surface area contributed by atoms with E-state index >= 15 is 0 Å². The van der Waals surface area contributed by atoms with Crippen molar-refractivity contribution in [2.75, 3.05) is 6.54 Å². The summed E-state index contributed by atoms with van der Waals surface area (Å²) in [6.07, 6.45) is 1.54. The van der Waals surface area contributed by atoms with E-state index in [0.29, 0.717) is 36.3 Å². The molecule has 1 aromatic heterocycles. The van der Waals surface area contributed by atoms with Crippen LogP contribution in [0.5, 0.6) is 0 Å². The number of rotatable bonds is 8. The lowest BCUT2D eigenvalue weighted by Gasteiger charge is -2.24. The number of carbonyl (C=O) groups is 1. The van der Waals surface area contributed by atoms with Gasteiger partial charge in [0.2, 0.25) is 0 Å². The monoisotopic (exact) mass is 451 g/mol. The third kappa shape index (κ3) is 5.21. The van der Waals surface area contributed by atoms with E-state index in [1.165, 1.54) is 4.90 Å². The van der Waals surface area contributed by atoms with Crippen molar-refractivity contribution in [1.29, 1.82) is 0 Å². The molecular weight excluding hydrogens is 427 g/mol. The lowest BCUT2D eigenvalue weighted by Crippen LogP contribution is -2.33. The minimum absolute atomic E-state index is 0.151. The number of amides is 1. The number of nitrogens with zero attached hydrogens (tertiary/aromatic N) is 3. The average molecular weight is 452 g/mol. The second kappa shape index (κ2) is 9.73. The maximum atomic E-state index is 13.7. The molecule has 8 heteroatoms. The standard InChI is InChI=1S/C23H25ClF3N3O/c1-4-8-30-20-12-16(24)5-6-19(20)28-21(30)13-29(9-7-14(2)3)23(31)15-10-17(25)22(27)18(26)11-15/h5-6,10-12,14H,4,7-9,13H2,1-3H3. The summed E-state index contributed by atoms with van der Waals surface area (Å²) in [5, 5.41) is 0.585. The fourth-order valence-corrected chi connectivity index (χ4v) is 3.60. The van der Waals surface area contributed by atoms with Crippen molar-refractivity contribution in [2.24, 2.45) is 5.92 Å². The maximum absolute atomic E-state index is 13.7. The Morgan fingerprint density at radius 3 is 2.45 bits per heavy atom. The van der Waals surface area contributed by atoms with E-state index in [0.717, 1.165) is 29.6 Å². The zero-order valence-electron chi connectivity index (χ0n) is 17.8. The van der Waals surface area contributed by atoms with Crippen molar-refractivity contribution in [3.63, 3.8) is 0 Å². The molecule has 2 aromatic carbocycles. The Bertz CT molecular complexity index is 1070. The largest absolute Gasteiger partial charge is 0.331 e. The first kappa shape index (κ1) is 23.1. The van der Waals surface area contributed by atoms with Crippen LogP contribution in [0.1, 0.15) is 49.8 Å². The zero-order valence-corrected chi connectivity index (χ0v) is 18.5. The molecule has 0 aliphatic carbocycles. The van der Waals surface area contributed by atoms with E-state index in [1.54, 1.807) is 6.07 Å². The first-order valence-electron chi connectivity index (χ1n) is 10.3. The van der Waals surface area contributed by atoms with E-state index < -0.39 is 23.4 Å². The SMILES string of the molecule is CCCn1c(CN(CCC(C)C)C(=O)c2cc(F)c(F)c(F)c2)nc2ccc(Cl)cc21. The maximum Gasteiger partial charge on any atom is 0.254 e. The van der Waals surface area contributed by atoms with Gasteiger partial charge in [0.15, 0.2) is 17.5 Å². The van der Waals surface area contributed by atoms with Crippen LogP contribution in [-0.2, 0) is 13.1 Å². The Morgan fingerprint density at radius 2 is 1.84 bits per heavy atom. The van der Waals surface area contributed by atoms with Gasteiger partial charge in [-0.05, 0) is 49.1 Å². The van der Waals surface area contributed by atoms with Gasteiger partial charge in [-0.25, -0.2) is 18.2 Å². The highest BCUT2D eigenvalue weighted by atomic mass is 35.5.